The molecule has 0 aliphatic rings. The largest absolute Gasteiger partial charge is 0.352 e. The summed E-state index contributed by atoms with van der Waals surface area (Å²) < 4.78 is 0. The molecule has 0 unspecified atom stereocenters. The zero-order valence-corrected chi connectivity index (χ0v) is 13.1. The molecule has 3 rings (SSSR count). The second-order valence-corrected chi connectivity index (χ2v) is 5.66. The first-order valence-corrected chi connectivity index (χ1v) is 7.62. The molecular formula is C18H15ClN2O2. The maximum Gasteiger partial charge on any atom is 0.253 e. The van der Waals surface area contributed by atoms with Crippen molar-refractivity contribution in [2.45, 2.75) is 13.0 Å². The molecule has 0 atom stereocenters. The summed E-state index contributed by atoms with van der Waals surface area (Å²) in [4.78, 5) is 26.9. The van der Waals surface area contributed by atoms with Crippen LogP contribution in [0.1, 0.15) is 11.1 Å². The molecule has 23 heavy (non-hydrogen) atoms. The van der Waals surface area contributed by atoms with E-state index in [1.165, 1.54) is 0 Å². The number of pyridine rings is 1. The number of rotatable bonds is 4. The Morgan fingerprint density at radius 2 is 1.78 bits per heavy atom. The quantitative estimate of drug-likeness (QED) is 0.774. The number of para-hydroxylation sites is 1. The molecule has 0 radical (unpaired) electrons. The number of carbonyl (C=O) groups is 1. The molecule has 1 aromatic heterocycles. The van der Waals surface area contributed by atoms with E-state index in [0.29, 0.717) is 10.6 Å². The van der Waals surface area contributed by atoms with E-state index >= 15 is 0 Å². The van der Waals surface area contributed by atoms with Crippen molar-refractivity contribution >= 4 is 28.4 Å². The number of aromatic nitrogens is 1. The Kier molecular flexibility index (Phi) is 4.44. The number of nitrogens with one attached hydrogen (secondary N) is 2. The predicted octanol–water partition coefficient (Wildman–Crippen LogP) is 3.04. The maximum absolute atomic E-state index is 12.0. The van der Waals surface area contributed by atoms with Gasteiger partial charge in [-0.05, 0) is 29.1 Å². The fourth-order valence-corrected chi connectivity index (χ4v) is 2.60. The van der Waals surface area contributed by atoms with E-state index < -0.39 is 0 Å². The van der Waals surface area contributed by atoms with Gasteiger partial charge in [0.05, 0.1) is 6.42 Å². The molecule has 0 aliphatic carbocycles. The molecule has 0 saturated carbocycles. The average Bonchev–Trinajstić information content (AvgIpc) is 2.55. The molecule has 1 amide bonds. The van der Waals surface area contributed by atoms with E-state index in [2.05, 4.69) is 10.3 Å². The van der Waals surface area contributed by atoms with Crippen LogP contribution in [0, 0.1) is 0 Å². The Hall–Kier alpha value is -2.59. The number of halogens is 1. The zero-order chi connectivity index (χ0) is 16.2. The number of carbonyl (C=O) groups excluding carboxylic acids is 1. The summed E-state index contributed by atoms with van der Waals surface area (Å²) in [6.07, 6.45) is 0.186. The Morgan fingerprint density at radius 3 is 2.61 bits per heavy atom. The first-order valence-electron chi connectivity index (χ1n) is 7.24. The topological polar surface area (TPSA) is 62.0 Å². The van der Waals surface area contributed by atoms with Gasteiger partial charge >= 0.3 is 0 Å². The lowest BCUT2D eigenvalue weighted by molar-refractivity contribution is -0.120. The van der Waals surface area contributed by atoms with Crippen LogP contribution in [-0.2, 0) is 17.8 Å². The highest BCUT2D eigenvalue weighted by atomic mass is 35.5. The third-order valence-electron chi connectivity index (χ3n) is 3.62. The summed E-state index contributed by atoms with van der Waals surface area (Å²) in [5.74, 6) is -0.175. The van der Waals surface area contributed by atoms with Crippen LogP contribution in [0.2, 0.25) is 5.02 Å². The standard InChI is InChI=1S/C18H15ClN2O2/c19-15-7-3-1-5-12(15)10-17(22)20-11-14-9-13-6-2-4-8-16(13)21-18(14)23/h1-9H,10-11H2,(H,20,22)(H,21,23). The van der Waals surface area contributed by atoms with Crippen LogP contribution in [0.3, 0.4) is 0 Å². The minimum Gasteiger partial charge on any atom is -0.352 e. The van der Waals surface area contributed by atoms with Crippen LogP contribution in [-0.4, -0.2) is 10.9 Å². The van der Waals surface area contributed by atoms with E-state index in [4.69, 9.17) is 11.6 Å². The molecule has 3 aromatic rings. The van der Waals surface area contributed by atoms with E-state index in [-0.39, 0.29) is 24.4 Å². The second-order valence-electron chi connectivity index (χ2n) is 5.26. The van der Waals surface area contributed by atoms with Gasteiger partial charge in [0.2, 0.25) is 5.91 Å². The summed E-state index contributed by atoms with van der Waals surface area (Å²) in [6, 6.07) is 16.5. The van der Waals surface area contributed by atoms with E-state index in [9.17, 15) is 9.59 Å². The summed E-state index contributed by atoms with van der Waals surface area (Å²) in [5.41, 5.74) is 1.88. The second kappa shape index (κ2) is 6.67. The smallest absolute Gasteiger partial charge is 0.253 e. The number of benzene rings is 2. The molecule has 0 aliphatic heterocycles. The van der Waals surface area contributed by atoms with E-state index in [1.54, 1.807) is 12.1 Å². The van der Waals surface area contributed by atoms with Crippen LogP contribution in [0.15, 0.2) is 59.4 Å². The number of H-pyrrole nitrogens is 1. The van der Waals surface area contributed by atoms with Crippen LogP contribution in [0.5, 0.6) is 0 Å². The molecule has 0 fully saturated rings. The maximum atomic E-state index is 12.0. The van der Waals surface area contributed by atoms with Crippen LogP contribution in [0.4, 0.5) is 0 Å². The SMILES string of the molecule is O=C(Cc1ccccc1Cl)NCc1cc2ccccc2[nH]c1=O. The predicted molar refractivity (Wildman–Crippen MR) is 91.6 cm³/mol. The fourth-order valence-electron chi connectivity index (χ4n) is 2.39. The van der Waals surface area contributed by atoms with Gasteiger partial charge in [0.15, 0.2) is 0 Å². The Balaban J connectivity index is 1.71. The van der Waals surface area contributed by atoms with Gasteiger partial charge < -0.3 is 10.3 Å². The number of hydrogen-bond acceptors (Lipinski definition) is 2. The Bertz CT molecular complexity index is 918. The van der Waals surface area contributed by atoms with Gasteiger partial charge in [-0.1, -0.05) is 48.0 Å². The summed E-state index contributed by atoms with van der Waals surface area (Å²) >= 11 is 6.04. The normalized spacial score (nSPS) is 10.7. The van der Waals surface area contributed by atoms with Gasteiger partial charge in [0.1, 0.15) is 0 Å². The van der Waals surface area contributed by atoms with Gasteiger partial charge in [-0.2, -0.15) is 0 Å². The number of hydrogen-bond donors (Lipinski definition) is 2. The molecule has 5 heteroatoms. The zero-order valence-electron chi connectivity index (χ0n) is 12.3. The highest BCUT2D eigenvalue weighted by Crippen LogP contribution is 2.15. The van der Waals surface area contributed by atoms with Gasteiger partial charge in [-0.15, -0.1) is 0 Å². The highest BCUT2D eigenvalue weighted by Gasteiger charge is 2.08. The molecule has 0 bridgehead atoms. The summed E-state index contributed by atoms with van der Waals surface area (Å²) in [5, 5.41) is 4.26. The average molecular weight is 327 g/mol. The molecule has 116 valence electrons. The third-order valence-corrected chi connectivity index (χ3v) is 3.98. The van der Waals surface area contributed by atoms with Crippen molar-refractivity contribution in [2.75, 3.05) is 0 Å². The van der Waals surface area contributed by atoms with Crippen molar-refractivity contribution in [1.82, 2.24) is 10.3 Å². The molecule has 4 nitrogen and oxygen atoms in total. The van der Waals surface area contributed by atoms with Crippen molar-refractivity contribution in [3.63, 3.8) is 0 Å². The van der Waals surface area contributed by atoms with Crippen molar-refractivity contribution in [3.05, 3.63) is 81.1 Å². The Morgan fingerprint density at radius 1 is 1.04 bits per heavy atom. The van der Waals surface area contributed by atoms with Gasteiger partial charge in [-0.25, -0.2) is 0 Å². The van der Waals surface area contributed by atoms with Crippen LogP contribution in [0.25, 0.3) is 10.9 Å². The van der Waals surface area contributed by atoms with E-state index in [0.717, 1.165) is 16.5 Å². The third kappa shape index (κ3) is 3.60. The van der Waals surface area contributed by atoms with Crippen LogP contribution >= 0.6 is 11.6 Å². The van der Waals surface area contributed by atoms with Gasteiger partial charge in [-0.3, -0.25) is 9.59 Å². The lowest BCUT2D eigenvalue weighted by Gasteiger charge is -2.07. The minimum absolute atomic E-state index is 0.175. The molecular weight excluding hydrogens is 312 g/mol. The monoisotopic (exact) mass is 326 g/mol. The minimum atomic E-state index is -0.193. The van der Waals surface area contributed by atoms with Crippen molar-refractivity contribution in [3.8, 4) is 0 Å². The molecule has 2 aromatic carbocycles. The number of fused-ring (bicyclic) bond motifs is 1. The van der Waals surface area contributed by atoms with Crippen molar-refractivity contribution in [1.29, 1.82) is 0 Å². The van der Waals surface area contributed by atoms with Gasteiger partial charge in [0.25, 0.3) is 5.56 Å². The summed E-state index contributed by atoms with van der Waals surface area (Å²) in [6.45, 7) is 0.184. The highest BCUT2D eigenvalue weighted by molar-refractivity contribution is 6.31. The lowest BCUT2D eigenvalue weighted by Crippen LogP contribution is -2.28. The summed E-state index contributed by atoms with van der Waals surface area (Å²) in [7, 11) is 0. The first-order chi connectivity index (χ1) is 11.1. The number of amides is 1. The molecule has 2 N–H and O–H groups in total. The number of aromatic amines is 1. The fraction of sp³-hybridized carbons (Fsp3) is 0.111. The van der Waals surface area contributed by atoms with Crippen molar-refractivity contribution in [2.24, 2.45) is 0 Å². The Labute approximate surface area is 138 Å². The molecule has 1 heterocycles. The lowest BCUT2D eigenvalue weighted by atomic mass is 10.1. The van der Waals surface area contributed by atoms with Crippen LogP contribution < -0.4 is 10.9 Å². The molecule has 0 spiro atoms. The first kappa shape index (κ1) is 15.3. The molecule has 0 saturated heterocycles. The van der Waals surface area contributed by atoms with E-state index in [1.807, 2.05) is 42.5 Å². The van der Waals surface area contributed by atoms with Gasteiger partial charge in [0, 0.05) is 22.6 Å². The van der Waals surface area contributed by atoms with Crippen molar-refractivity contribution < 1.29 is 4.79 Å².